The van der Waals surface area contributed by atoms with Gasteiger partial charge in [-0.2, -0.15) is 0 Å². The van der Waals surface area contributed by atoms with Crippen LogP contribution in [0.5, 0.6) is 0 Å². The minimum Gasteiger partial charge on any atom is -0.468 e. The summed E-state index contributed by atoms with van der Waals surface area (Å²) in [6.45, 7) is 5.06. The Kier molecular flexibility index (Phi) is 8.07. The highest BCUT2D eigenvalue weighted by Crippen LogP contribution is 2.17. The molecule has 0 aliphatic carbocycles. The number of piperidine rings is 1. The zero-order valence-corrected chi connectivity index (χ0v) is 18.3. The number of likely N-dealkylation sites (tertiary alicyclic amines) is 1. The largest absolute Gasteiger partial charge is 0.468 e. The van der Waals surface area contributed by atoms with Crippen molar-refractivity contribution in [2.45, 2.75) is 56.5 Å². The van der Waals surface area contributed by atoms with Gasteiger partial charge in [-0.1, -0.05) is 19.8 Å². The van der Waals surface area contributed by atoms with E-state index in [1.807, 2.05) is 0 Å². The Labute approximate surface area is 178 Å². The fraction of sp³-hybridized carbons (Fsp3) is 0.500. The second kappa shape index (κ2) is 10.7. The molecule has 1 atom stereocenters. The molecule has 0 spiro atoms. The third kappa shape index (κ3) is 6.17. The first-order valence-electron chi connectivity index (χ1n) is 10.6. The van der Waals surface area contributed by atoms with Crippen LogP contribution in [-0.2, 0) is 16.6 Å². The third-order valence-corrected chi connectivity index (χ3v) is 6.91. The van der Waals surface area contributed by atoms with E-state index in [-0.39, 0.29) is 17.3 Å². The third-order valence-electron chi connectivity index (χ3n) is 5.49. The van der Waals surface area contributed by atoms with E-state index < -0.39 is 10.0 Å². The number of furan rings is 1. The number of sulfonamides is 1. The van der Waals surface area contributed by atoms with Crippen molar-refractivity contribution in [3.05, 3.63) is 54.0 Å². The molecule has 3 rings (SSSR count). The smallest absolute Gasteiger partial charge is 0.251 e. The van der Waals surface area contributed by atoms with Crippen molar-refractivity contribution < 1.29 is 17.6 Å². The monoisotopic (exact) mass is 433 g/mol. The molecule has 0 radical (unpaired) electrons. The zero-order valence-electron chi connectivity index (χ0n) is 17.5. The Morgan fingerprint density at radius 2 is 2.00 bits per heavy atom. The topological polar surface area (TPSA) is 91.7 Å². The number of nitrogens with one attached hydrogen (secondary N) is 2. The molecular weight excluding hydrogens is 402 g/mol. The maximum absolute atomic E-state index is 12.5. The van der Waals surface area contributed by atoms with Gasteiger partial charge >= 0.3 is 0 Å². The lowest BCUT2D eigenvalue weighted by Gasteiger charge is -2.35. The Morgan fingerprint density at radius 3 is 2.70 bits per heavy atom. The van der Waals surface area contributed by atoms with Crippen molar-refractivity contribution in [3.63, 3.8) is 0 Å². The summed E-state index contributed by atoms with van der Waals surface area (Å²) in [4.78, 5) is 15.1. The predicted molar refractivity (Wildman–Crippen MR) is 116 cm³/mol. The Balaban J connectivity index is 1.54. The average molecular weight is 434 g/mol. The van der Waals surface area contributed by atoms with E-state index in [4.69, 9.17) is 4.42 Å². The average Bonchev–Trinajstić information content (AvgIpc) is 3.29. The van der Waals surface area contributed by atoms with E-state index in [0.717, 1.165) is 19.5 Å². The fourth-order valence-electron chi connectivity index (χ4n) is 3.71. The van der Waals surface area contributed by atoms with E-state index in [9.17, 15) is 13.2 Å². The summed E-state index contributed by atoms with van der Waals surface area (Å²) in [6.07, 6.45) is 7.35. The van der Waals surface area contributed by atoms with Crippen LogP contribution < -0.4 is 10.0 Å². The van der Waals surface area contributed by atoms with Crippen molar-refractivity contribution in [2.24, 2.45) is 0 Å². The lowest BCUT2D eigenvalue weighted by molar-refractivity contribution is 0.0912. The van der Waals surface area contributed by atoms with Gasteiger partial charge in [0.15, 0.2) is 0 Å². The highest BCUT2D eigenvalue weighted by Gasteiger charge is 2.22. The van der Waals surface area contributed by atoms with Crippen LogP contribution in [-0.4, -0.2) is 44.9 Å². The van der Waals surface area contributed by atoms with Gasteiger partial charge in [-0.15, -0.1) is 0 Å². The van der Waals surface area contributed by atoms with E-state index in [1.54, 1.807) is 24.3 Å². The maximum Gasteiger partial charge on any atom is 0.251 e. The van der Waals surface area contributed by atoms with Gasteiger partial charge in [-0.05, 0) is 68.8 Å². The lowest BCUT2D eigenvalue weighted by Crippen LogP contribution is -2.47. The van der Waals surface area contributed by atoms with Crippen molar-refractivity contribution in [1.82, 2.24) is 14.9 Å². The lowest BCUT2D eigenvalue weighted by atomic mass is 10.0. The van der Waals surface area contributed by atoms with Crippen LogP contribution in [0.25, 0.3) is 0 Å². The first kappa shape index (κ1) is 22.5. The quantitative estimate of drug-likeness (QED) is 0.601. The van der Waals surface area contributed by atoms with Crippen LogP contribution in [0.2, 0.25) is 0 Å². The fourth-order valence-corrected chi connectivity index (χ4v) is 4.70. The Bertz CT molecular complexity index is 895. The molecule has 7 nitrogen and oxygen atoms in total. The Hall–Kier alpha value is -2.16. The predicted octanol–water partition coefficient (Wildman–Crippen LogP) is 3.14. The summed E-state index contributed by atoms with van der Waals surface area (Å²) in [5.41, 5.74) is 0.455. The molecule has 8 heteroatoms. The van der Waals surface area contributed by atoms with Crippen LogP contribution in [0.15, 0.2) is 52.0 Å². The summed E-state index contributed by atoms with van der Waals surface area (Å²) >= 11 is 0. The van der Waals surface area contributed by atoms with Crippen LogP contribution in [0, 0.1) is 0 Å². The van der Waals surface area contributed by atoms with Crippen molar-refractivity contribution in [3.8, 4) is 0 Å². The number of benzene rings is 1. The van der Waals surface area contributed by atoms with Crippen LogP contribution in [0.4, 0.5) is 0 Å². The van der Waals surface area contributed by atoms with E-state index in [2.05, 4.69) is 21.9 Å². The summed E-state index contributed by atoms with van der Waals surface area (Å²) in [7, 11) is -3.67. The summed E-state index contributed by atoms with van der Waals surface area (Å²) < 4.78 is 32.4. The molecule has 2 N–H and O–H groups in total. The molecule has 0 saturated carbocycles. The number of rotatable bonds is 10. The molecule has 1 unspecified atom stereocenters. The van der Waals surface area contributed by atoms with Gasteiger partial charge in [0.1, 0.15) is 5.76 Å². The standard InChI is InChI=1S/C22H31N3O4S/c1-2-3-13-25-14-5-4-7-19(25)16-23-22(26)18-9-11-21(12-10-18)30(27,28)24-17-20-8-6-15-29-20/h6,8-12,15,19,24H,2-5,7,13-14,16-17H2,1H3,(H,23,26). The maximum atomic E-state index is 12.5. The van der Waals surface area contributed by atoms with Crippen LogP contribution >= 0.6 is 0 Å². The van der Waals surface area contributed by atoms with Crippen molar-refractivity contribution >= 4 is 15.9 Å². The number of unbranched alkanes of at least 4 members (excludes halogenated alkanes) is 1. The molecule has 1 saturated heterocycles. The zero-order chi connectivity index (χ0) is 21.4. The van der Waals surface area contributed by atoms with Gasteiger partial charge in [0.2, 0.25) is 10.0 Å². The molecule has 30 heavy (non-hydrogen) atoms. The summed E-state index contributed by atoms with van der Waals surface area (Å²) in [5, 5.41) is 3.02. The normalized spacial score (nSPS) is 17.7. The SMILES string of the molecule is CCCCN1CCCCC1CNC(=O)c1ccc(S(=O)(=O)NCc2ccco2)cc1. The number of amides is 1. The van der Waals surface area contributed by atoms with Crippen LogP contribution in [0.3, 0.4) is 0 Å². The minimum absolute atomic E-state index is 0.0769. The molecule has 1 fully saturated rings. The van der Waals surface area contributed by atoms with Gasteiger partial charge in [-0.3, -0.25) is 9.69 Å². The molecule has 1 amide bonds. The van der Waals surface area contributed by atoms with Crippen molar-refractivity contribution in [2.75, 3.05) is 19.6 Å². The highest BCUT2D eigenvalue weighted by molar-refractivity contribution is 7.89. The van der Waals surface area contributed by atoms with Gasteiger partial charge < -0.3 is 9.73 Å². The minimum atomic E-state index is -3.67. The molecule has 1 aliphatic rings. The highest BCUT2D eigenvalue weighted by atomic mass is 32.2. The molecule has 0 bridgehead atoms. The second-order valence-electron chi connectivity index (χ2n) is 7.68. The number of carbonyl (C=O) groups is 1. The van der Waals surface area contributed by atoms with Gasteiger partial charge in [0.05, 0.1) is 17.7 Å². The first-order chi connectivity index (χ1) is 14.5. The van der Waals surface area contributed by atoms with Crippen LogP contribution in [0.1, 0.15) is 55.1 Å². The summed E-state index contributed by atoms with van der Waals surface area (Å²) in [6, 6.07) is 9.78. The molecule has 2 heterocycles. The molecule has 1 aromatic carbocycles. The Morgan fingerprint density at radius 1 is 1.20 bits per heavy atom. The molecule has 164 valence electrons. The van der Waals surface area contributed by atoms with Gasteiger partial charge in [0, 0.05) is 18.2 Å². The number of hydrogen-bond acceptors (Lipinski definition) is 5. The molecular formula is C22H31N3O4S. The van der Waals surface area contributed by atoms with Crippen molar-refractivity contribution in [1.29, 1.82) is 0 Å². The summed E-state index contributed by atoms with van der Waals surface area (Å²) in [5.74, 6) is 0.355. The second-order valence-corrected chi connectivity index (χ2v) is 9.44. The van der Waals surface area contributed by atoms with E-state index in [0.29, 0.717) is 23.9 Å². The molecule has 1 aromatic heterocycles. The molecule has 1 aliphatic heterocycles. The van der Waals surface area contributed by atoms with Gasteiger partial charge in [0.25, 0.3) is 5.91 Å². The van der Waals surface area contributed by atoms with E-state index in [1.165, 1.54) is 44.1 Å². The first-order valence-corrected chi connectivity index (χ1v) is 12.1. The van der Waals surface area contributed by atoms with Gasteiger partial charge in [-0.25, -0.2) is 13.1 Å². The molecule has 2 aromatic rings. The number of nitrogens with zero attached hydrogens (tertiary/aromatic N) is 1. The number of carbonyl (C=O) groups excluding carboxylic acids is 1. The van der Waals surface area contributed by atoms with E-state index >= 15 is 0 Å². The number of hydrogen-bond donors (Lipinski definition) is 2.